The monoisotopic (exact) mass is 376 g/mol. The summed E-state index contributed by atoms with van der Waals surface area (Å²) in [5.41, 5.74) is 7.50. The van der Waals surface area contributed by atoms with Gasteiger partial charge in [0.05, 0.1) is 0 Å². The number of carbonyl (C=O) groups is 1. The molecule has 0 heterocycles. The first-order valence-corrected chi connectivity index (χ1v) is 10.2. The molecule has 0 amide bonds. The van der Waals surface area contributed by atoms with Crippen LogP contribution in [0.3, 0.4) is 0 Å². The van der Waals surface area contributed by atoms with Gasteiger partial charge < -0.3 is 15.3 Å². The lowest BCUT2D eigenvalue weighted by Crippen LogP contribution is -2.38. The van der Waals surface area contributed by atoms with Crippen LogP contribution in [-0.4, -0.2) is 27.1 Å². The molecule has 0 unspecified atom stereocenters. The van der Waals surface area contributed by atoms with Gasteiger partial charge in [-0.25, -0.2) is 4.79 Å². The molecule has 0 aromatic heterocycles. The van der Waals surface area contributed by atoms with Crippen LogP contribution in [0.15, 0.2) is 40.2 Å². The molecule has 0 fully saturated rings. The highest BCUT2D eigenvalue weighted by Crippen LogP contribution is 2.36. The summed E-state index contributed by atoms with van der Waals surface area (Å²) in [7, 11) is 0. The van der Waals surface area contributed by atoms with E-state index < -0.39 is 11.8 Å². The molecule has 0 aromatic rings. The summed E-state index contributed by atoms with van der Waals surface area (Å²) < 4.78 is 0. The van der Waals surface area contributed by atoms with Gasteiger partial charge in [-0.15, -0.1) is 5.73 Å². The summed E-state index contributed by atoms with van der Waals surface area (Å²) in [4.78, 5) is 10.8. The van der Waals surface area contributed by atoms with E-state index in [0.717, 1.165) is 31.3 Å². The van der Waals surface area contributed by atoms with Crippen LogP contribution in [0.1, 0.15) is 85.5 Å². The average molecular weight is 377 g/mol. The van der Waals surface area contributed by atoms with Crippen LogP contribution in [-0.2, 0) is 4.79 Å². The molecular weight excluding hydrogens is 340 g/mol. The van der Waals surface area contributed by atoms with Crippen LogP contribution >= 0.6 is 0 Å². The number of aliphatic hydroxyl groups is 2. The summed E-state index contributed by atoms with van der Waals surface area (Å²) in [6, 6.07) is 0. The first-order chi connectivity index (χ1) is 12.7. The zero-order valence-electron chi connectivity index (χ0n) is 17.3. The lowest BCUT2D eigenvalue weighted by Gasteiger charge is -2.15. The van der Waals surface area contributed by atoms with E-state index in [0.29, 0.717) is 11.5 Å². The number of aliphatic carboxylic acids is 1. The van der Waals surface area contributed by atoms with E-state index in [1.165, 1.54) is 36.8 Å². The first-order valence-electron chi connectivity index (χ1n) is 10.2. The Bertz CT molecular complexity index is 631. The molecule has 0 aromatic carbocycles. The van der Waals surface area contributed by atoms with Crippen LogP contribution in [0.2, 0.25) is 0 Å². The molecule has 4 nitrogen and oxygen atoms in total. The van der Waals surface area contributed by atoms with Crippen molar-refractivity contribution in [2.45, 2.75) is 91.3 Å². The fraction of sp³-hybridized carbons (Fsp3) is 0.652. The van der Waals surface area contributed by atoms with Gasteiger partial charge in [-0.05, 0) is 68.6 Å². The summed E-state index contributed by atoms with van der Waals surface area (Å²) in [6.45, 7) is 8.11. The third-order valence-corrected chi connectivity index (χ3v) is 5.13. The molecule has 0 saturated heterocycles. The Hall–Kier alpha value is -1.61. The number of rotatable bonds is 11. The molecule has 0 spiro atoms. The number of hydrogen-bond donors (Lipinski definition) is 3. The molecule has 0 radical (unpaired) electrons. The van der Waals surface area contributed by atoms with Gasteiger partial charge >= 0.3 is 5.97 Å². The van der Waals surface area contributed by atoms with Crippen molar-refractivity contribution in [3.63, 3.8) is 0 Å². The molecular formula is C23H36O4. The second-order valence-electron chi connectivity index (χ2n) is 7.90. The van der Waals surface area contributed by atoms with Crippen molar-refractivity contribution in [2.75, 3.05) is 0 Å². The summed E-state index contributed by atoms with van der Waals surface area (Å²) in [5.74, 6) is -3.83. The Morgan fingerprint density at radius 2 is 1.93 bits per heavy atom. The minimum absolute atomic E-state index is 0.348. The minimum atomic E-state index is -2.73. The topological polar surface area (TPSA) is 77.8 Å². The van der Waals surface area contributed by atoms with Crippen molar-refractivity contribution >= 4 is 5.97 Å². The van der Waals surface area contributed by atoms with Crippen molar-refractivity contribution in [3.05, 3.63) is 40.2 Å². The number of hydrogen-bond acceptors (Lipinski definition) is 3. The van der Waals surface area contributed by atoms with E-state index in [4.69, 9.17) is 5.11 Å². The Balaban J connectivity index is 2.80. The number of allylic oxidation sites excluding steroid dienone is 4. The molecule has 1 atom stereocenters. The first kappa shape index (κ1) is 23.4. The van der Waals surface area contributed by atoms with E-state index in [-0.39, 0.29) is 6.42 Å². The van der Waals surface area contributed by atoms with E-state index in [9.17, 15) is 15.0 Å². The van der Waals surface area contributed by atoms with Gasteiger partial charge in [0, 0.05) is 6.42 Å². The smallest absolute Gasteiger partial charge is 0.364 e. The van der Waals surface area contributed by atoms with Gasteiger partial charge in [0.15, 0.2) is 0 Å². The van der Waals surface area contributed by atoms with Gasteiger partial charge in [-0.2, -0.15) is 0 Å². The van der Waals surface area contributed by atoms with Gasteiger partial charge in [-0.3, -0.25) is 0 Å². The molecule has 1 aliphatic carbocycles. The second-order valence-corrected chi connectivity index (χ2v) is 7.90. The lowest BCUT2D eigenvalue weighted by atomic mass is 9.95. The quantitative estimate of drug-likeness (QED) is 0.260. The van der Waals surface area contributed by atoms with Gasteiger partial charge in [0.25, 0.3) is 5.79 Å². The second kappa shape index (κ2) is 11.3. The predicted octanol–water partition coefficient (Wildman–Crippen LogP) is 5.28. The highest BCUT2D eigenvalue weighted by molar-refractivity contribution is 5.75. The molecule has 3 N–H and O–H groups in total. The number of unbranched alkanes of at least 4 members (excludes halogenated alkanes) is 4. The third-order valence-electron chi connectivity index (χ3n) is 5.13. The third kappa shape index (κ3) is 8.30. The van der Waals surface area contributed by atoms with Crippen molar-refractivity contribution in [3.8, 4) is 0 Å². The number of carboxylic acids is 1. The van der Waals surface area contributed by atoms with E-state index in [1.54, 1.807) is 6.92 Å². The minimum Gasteiger partial charge on any atom is -0.477 e. The van der Waals surface area contributed by atoms with Gasteiger partial charge in [0.2, 0.25) is 0 Å². The standard InChI is InChI=1S/C23H36O4/c1-5-6-7-8-9-10-11-20-13-12-19(4)21(20)15-17(2)14-18(3)16-23(26,27)22(24)25/h10-11,19,26-27H,5-9,12-13,15-16H2,1-4H3,(H,24,25)/b11-10+/t14?,19-/m0/s1. The SMILES string of the molecule is CCCCCC/C=C/C1=C(CC(C)=C=C(C)CC(O)(O)C(=O)O)[C@@H](C)CC1. The Morgan fingerprint density at radius 3 is 2.56 bits per heavy atom. The Kier molecular flexibility index (Phi) is 9.79. The van der Waals surface area contributed by atoms with Crippen molar-refractivity contribution < 1.29 is 20.1 Å². The maximum atomic E-state index is 10.8. The average Bonchev–Trinajstić information content (AvgIpc) is 2.90. The molecule has 4 heteroatoms. The van der Waals surface area contributed by atoms with Crippen molar-refractivity contribution in [1.29, 1.82) is 0 Å². The van der Waals surface area contributed by atoms with Crippen molar-refractivity contribution in [2.24, 2.45) is 5.92 Å². The zero-order valence-corrected chi connectivity index (χ0v) is 17.3. The lowest BCUT2D eigenvalue weighted by molar-refractivity contribution is -0.202. The normalized spacial score (nSPS) is 17.5. The maximum absolute atomic E-state index is 10.8. The fourth-order valence-electron chi connectivity index (χ4n) is 3.60. The Morgan fingerprint density at radius 1 is 1.22 bits per heavy atom. The highest BCUT2D eigenvalue weighted by Gasteiger charge is 2.33. The molecule has 27 heavy (non-hydrogen) atoms. The van der Waals surface area contributed by atoms with Crippen LogP contribution < -0.4 is 0 Å². The highest BCUT2D eigenvalue weighted by atomic mass is 16.5. The van der Waals surface area contributed by atoms with E-state index in [1.807, 2.05) is 6.92 Å². The van der Waals surface area contributed by atoms with Crippen molar-refractivity contribution in [1.82, 2.24) is 0 Å². The van der Waals surface area contributed by atoms with E-state index in [2.05, 4.69) is 31.7 Å². The van der Waals surface area contributed by atoms with Gasteiger partial charge in [0.1, 0.15) is 0 Å². The molecule has 0 bridgehead atoms. The molecule has 0 aliphatic heterocycles. The van der Waals surface area contributed by atoms with Crippen LogP contribution in [0.5, 0.6) is 0 Å². The molecule has 0 saturated carbocycles. The number of carboxylic acid groups (broad SMARTS) is 1. The zero-order chi connectivity index (χ0) is 20.4. The predicted molar refractivity (Wildman–Crippen MR) is 109 cm³/mol. The van der Waals surface area contributed by atoms with E-state index >= 15 is 0 Å². The summed E-state index contributed by atoms with van der Waals surface area (Å²) >= 11 is 0. The Labute approximate surface area is 164 Å². The molecule has 1 rings (SSSR count). The van der Waals surface area contributed by atoms with Crippen LogP contribution in [0.4, 0.5) is 0 Å². The summed E-state index contributed by atoms with van der Waals surface area (Å²) in [5, 5.41) is 27.8. The van der Waals surface area contributed by atoms with Crippen LogP contribution in [0, 0.1) is 5.92 Å². The maximum Gasteiger partial charge on any atom is 0.364 e. The summed E-state index contributed by atoms with van der Waals surface area (Å²) in [6.07, 6.45) is 13.5. The largest absolute Gasteiger partial charge is 0.477 e. The molecule has 152 valence electrons. The van der Waals surface area contributed by atoms with Gasteiger partial charge in [-0.1, -0.05) is 50.8 Å². The van der Waals surface area contributed by atoms with Crippen LogP contribution in [0.25, 0.3) is 0 Å². The fourth-order valence-corrected chi connectivity index (χ4v) is 3.60. The molecule has 1 aliphatic rings.